The van der Waals surface area contributed by atoms with E-state index in [1.807, 2.05) is 54.7 Å². The van der Waals surface area contributed by atoms with Crippen LogP contribution in [0.5, 0.6) is 0 Å². The maximum atomic E-state index is 12.8. The van der Waals surface area contributed by atoms with Gasteiger partial charge in [0, 0.05) is 19.3 Å². The van der Waals surface area contributed by atoms with Gasteiger partial charge in [0.25, 0.3) is 0 Å². The van der Waals surface area contributed by atoms with Gasteiger partial charge in [0.15, 0.2) is 6.10 Å². The normalized spacial score (nSPS) is 12.8. The lowest BCUT2D eigenvalue weighted by Crippen LogP contribution is -2.30. The third-order valence-corrected chi connectivity index (χ3v) is 11.7. The molecule has 0 saturated heterocycles. The van der Waals surface area contributed by atoms with E-state index in [2.05, 4.69) is 63.3 Å². The van der Waals surface area contributed by atoms with Gasteiger partial charge >= 0.3 is 17.9 Å². The fraction of sp³-hybridized carbons (Fsp3) is 0.689. The molecule has 1 unspecified atom stereocenters. The van der Waals surface area contributed by atoms with Crippen molar-refractivity contribution in [2.45, 2.75) is 258 Å². The van der Waals surface area contributed by atoms with Crippen molar-refractivity contribution in [3.63, 3.8) is 0 Å². The van der Waals surface area contributed by atoms with Crippen molar-refractivity contribution >= 4 is 17.9 Å². The Hall–Kier alpha value is -3.67. The summed E-state index contributed by atoms with van der Waals surface area (Å²) >= 11 is 0. The highest BCUT2D eigenvalue weighted by molar-refractivity contribution is 5.71. The predicted molar refractivity (Wildman–Crippen MR) is 288 cm³/mol. The van der Waals surface area contributed by atoms with Gasteiger partial charge in [-0.25, -0.2) is 0 Å². The summed E-state index contributed by atoms with van der Waals surface area (Å²) in [7, 11) is 0. The average molecular weight is 931 g/mol. The van der Waals surface area contributed by atoms with E-state index in [1.165, 1.54) is 148 Å². The number of hydrogen-bond acceptors (Lipinski definition) is 6. The molecule has 0 amide bonds. The van der Waals surface area contributed by atoms with E-state index < -0.39 is 6.10 Å². The molecule has 0 heterocycles. The minimum absolute atomic E-state index is 0.119. The van der Waals surface area contributed by atoms with E-state index in [0.29, 0.717) is 19.3 Å². The Morgan fingerprint density at radius 1 is 0.328 bits per heavy atom. The van der Waals surface area contributed by atoms with Crippen molar-refractivity contribution in [3.8, 4) is 0 Å². The molecule has 1 atom stereocenters. The Morgan fingerprint density at radius 2 is 0.657 bits per heavy atom. The van der Waals surface area contributed by atoms with E-state index in [0.717, 1.165) is 51.4 Å². The monoisotopic (exact) mass is 931 g/mol. The lowest BCUT2D eigenvalue weighted by atomic mass is 10.0. The summed E-state index contributed by atoms with van der Waals surface area (Å²) in [6, 6.07) is 0. The van der Waals surface area contributed by atoms with Crippen molar-refractivity contribution in [1.82, 2.24) is 0 Å². The van der Waals surface area contributed by atoms with E-state index >= 15 is 0 Å². The van der Waals surface area contributed by atoms with Gasteiger partial charge in [0.2, 0.25) is 0 Å². The molecule has 0 saturated carbocycles. The molecule has 0 aromatic rings. The highest BCUT2D eigenvalue weighted by atomic mass is 16.6. The Kier molecular flexibility index (Phi) is 51.9. The first-order valence-electron chi connectivity index (χ1n) is 27.8. The molecule has 0 bridgehead atoms. The molecule has 0 aliphatic heterocycles. The quantitative estimate of drug-likeness (QED) is 0.0199. The molecule has 6 heteroatoms. The second-order valence-corrected chi connectivity index (χ2v) is 18.2. The SMILES string of the molecule is CC/C=C/C=C/C=C/C=C/C=C/CCCC(=O)OCC(COC(=O)CCCCCCCCCCCCCCCCCCCCC)OC(=O)CCC/C=C/C/C=C/C/C=C/CCCCCCCC. The number of carbonyl (C=O) groups is 3. The van der Waals surface area contributed by atoms with Gasteiger partial charge in [0.05, 0.1) is 0 Å². The van der Waals surface area contributed by atoms with Crippen LogP contribution in [0.3, 0.4) is 0 Å². The zero-order valence-electron chi connectivity index (χ0n) is 43.6. The zero-order chi connectivity index (χ0) is 48.6. The van der Waals surface area contributed by atoms with E-state index in [-0.39, 0.29) is 44.0 Å². The number of hydrogen-bond donors (Lipinski definition) is 0. The Balaban J connectivity index is 4.49. The highest BCUT2D eigenvalue weighted by Crippen LogP contribution is 2.16. The van der Waals surface area contributed by atoms with Crippen LogP contribution in [0.1, 0.15) is 252 Å². The molecule has 0 aliphatic carbocycles. The molecule has 0 fully saturated rings. The van der Waals surface area contributed by atoms with Gasteiger partial charge in [-0.15, -0.1) is 0 Å². The van der Waals surface area contributed by atoms with Crippen LogP contribution in [-0.2, 0) is 28.6 Å². The third-order valence-electron chi connectivity index (χ3n) is 11.7. The molecule has 0 radical (unpaired) electrons. The van der Waals surface area contributed by atoms with Crippen molar-refractivity contribution in [3.05, 3.63) is 97.2 Å². The van der Waals surface area contributed by atoms with Crippen LogP contribution in [0.4, 0.5) is 0 Å². The summed E-state index contributed by atoms with van der Waals surface area (Å²) in [6.45, 7) is 6.39. The van der Waals surface area contributed by atoms with Gasteiger partial charge in [-0.3, -0.25) is 14.4 Å². The molecule has 0 aromatic heterocycles. The van der Waals surface area contributed by atoms with Crippen LogP contribution < -0.4 is 0 Å². The second kappa shape index (κ2) is 54.9. The van der Waals surface area contributed by atoms with E-state index in [4.69, 9.17) is 14.2 Å². The highest BCUT2D eigenvalue weighted by Gasteiger charge is 2.19. The van der Waals surface area contributed by atoms with Crippen LogP contribution in [0.15, 0.2) is 97.2 Å². The first-order valence-corrected chi connectivity index (χ1v) is 27.8. The first-order chi connectivity index (χ1) is 33.0. The maximum absolute atomic E-state index is 12.8. The topological polar surface area (TPSA) is 78.9 Å². The average Bonchev–Trinajstić information content (AvgIpc) is 3.33. The summed E-state index contributed by atoms with van der Waals surface area (Å²) in [6.07, 6.45) is 72.8. The number of unbranched alkanes of at least 4 members (excludes halogenated alkanes) is 26. The predicted octanol–water partition coefficient (Wildman–Crippen LogP) is 18.5. The van der Waals surface area contributed by atoms with E-state index in [1.54, 1.807) is 0 Å². The summed E-state index contributed by atoms with van der Waals surface area (Å²) in [4.78, 5) is 38.0. The molecule has 0 aromatic carbocycles. The zero-order valence-corrected chi connectivity index (χ0v) is 43.6. The van der Waals surface area contributed by atoms with Crippen molar-refractivity contribution < 1.29 is 28.6 Å². The Morgan fingerprint density at radius 3 is 1.10 bits per heavy atom. The summed E-state index contributed by atoms with van der Waals surface area (Å²) in [5, 5.41) is 0. The summed E-state index contributed by atoms with van der Waals surface area (Å²) < 4.78 is 16.7. The molecule has 0 spiro atoms. The number of allylic oxidation sites excluding steroid dienone is 16. The van der Waals surface area contributed by atoms with Gasteiger partial charge in [-0.05, 0) is 64.2 Å². The molecular weight excluding hydrogens is 829 g/mol. The number of rotatable bonds is 49. The molecule has 382 valence electrons. The Bertz CT molecular complexity index is 1350. The van der Waals surface area contributed by atoms with Crippen molar-refractivity contribution in [2.75, 3.05) is 13.2 Å². The molecule has 0 N–H and O–H groups in total. The maximum Gasteiger partial charge on any atom is 0.306 e. The van der Waals surface area contributed by atoms with Crippen LogP contribution >= 0.6 is 0 Å². The molecule has 0 aliphatic rings. The third kappa shape index (κ3) is 53.2. The van der Waals surface area contributed by atoms with Gasteiger partial charge in [-0.1, -0.05) is 266 Å². The number of carbonyl (C=O) groups excluding carboxylic acids is 3. The minimum Gasteiger partial charge on any atom is -0.462 e. The lowest BCUT2D eigenvalue weighted by Gasteiger charge is -2.18. The first kappa shape index (κ1) is 63.3. The van der Waals surface area contributed by atoms with Crippen molar-refractivity contribution in [2.24, 2.45) is 0 Å². The smallest absolute Gasteiger partial charge is 0.306 e. The van der Waals surface area contributed by atoms with Gasteiger partial charge in [0.1, 0.15) is 13.2 Å². The molecule has 67 heavy (non-hydrogen) atoms. The number of ether oxygens (including phenoxy) is 3. The van der Waals surface area contributed by atoms with E-state index in [9.17, 15) is 14.4 Å². The molecule has 6 nitrogen and oxygen atoms in total. The largest absolute Gasteiger partial charge is 0.462 e. The minimum atomic E-state index is -0.832. The fourth-order valence-corrected chi connectivity index (χ4v) is 7.55. The summed E-state index contributed by atoms with van der Waals surface area (Å²) in [5.41, 5.74) is 0. The van der Waals surface area contributed by atoms with Crippen LogP contribution in [0, 0.1) is 0 Å². The van der Waals surface area contributed by atoms with Crippen LogP contribution in [0.25, 0.3) is 0 Å². The van der Waals surface area contributed by atoms with Crippen molar-refractivity contribution in [1.29, 1.82) is 0 Å². The van der Waals surface area contributed by atoms with Crippen LogP contribution in [0.2, 0.25) is 0 Å². The van der Waals surface area contributed by atoms with Crippen LogP contribution in [-0.4, -0.2) is 37.2 Å². The van der Waals surface area contributed by atoms with Gasteiger partial charge < -0.3 is 14.2 Å². The fourth-order valence-electron chi connectivity index (χ4n) is 7.55. The number of esters is 3. The second-order valence-electron chi connectivity index (χ2n) is 18.2. The molecular formula is C61H102O6. The Labute approximate surface area is 413 Å². The molecule has 0 rings (SSSR count). The standard InChI is InChI=1S/C61H102O6/c1-4-7-10-13-16-19-22-25-27-29-30-32-33-36-39-42-45-48-51-54-60(63)66-57-58(56-65-59(62)53-50-47-44-41-38-35-24-21-18-15-12-9-6-3)67-61(64)55-52-49-46-43-40-37-34-31-28-26-23-20-17-14-11-8-5-2/h9,12,15,18,21,24,26,28,34-35,37-38,41,43-44,46,58H,4-8,10-11,13-14,16-17,19-20,22-23,25,27,29-33,36,39-40,42,45,47-57H2,1-3H3/b12-9+,18-15+,24-21+,28-26+,37-34+,38-35+,44-41+,46-43+. The lowest BCUT2D eigenvalue weighted by molar-refractivity contribution is -0.167. The van der Waals surface area contributed by atoms with Gasteiger partial charge in [-0.2, -0.15) is 0 Å². The summed E-state index contributed by atoms with van der Waals surface area (Å²) in [5.74, 6) is -1.05.